The normalized spacial score (nSPS) is 11.3. The summed E-state index contributed by atoms with van der Waals surface area (Å²) in [7, 11) is 0. The Bertz CT molecular complexity index is 452. The molecular weight excluding hydrogens is 246 g/mol. The molecule has 0 unspecified atom stereocenters. The molecule has 1 aromatic heterocycles. The maximum absolute atomic E-state index is 11.7. The number of aromatic amines is 1. The molecule has 3 N–H and O–H groups in total. The number of rotatable bonds is 7. The SMILES string of the molecule is Cc1cc(C(=O)NCCC(C)(C)CCC(=O)O)n[nH]1. The molecule has 0 saturated heterocycles. The van der Waals surface area contributed by atoms with Crippen molar-refractivity contribution in [3.63, 3.8) is 0 Å². The molecule has 0 aromatic carbocycles. The van der Waals surface area contributed by atoms with Crippen LogP contribution < -0.4 is 5.32 Å². The molecule has 0 atom stereocenters. The molecule has 0 saturated carbocycles. The van der Waals surface area contributed by atoms with E-state index in [0.29, 0.717) is 18.7 Å². The van der Waals surface area contributed by atoms with Crippen molar-refractivity contribution in [3.05, 3.63) is 17.5 Å². The van der Waals surface area contributed by atoms with Crippen LogP contribution in [0.15, 0.2) is 6.07 Å². The maximum Gasteiger partial charge on any atom is 0.303 e. The number of carboxylic acids is 1. The highest BCUT2D eigenvalue weighted by Gasteiger charge is 2.19. The van der Waals surface area contributed by atoms with Gasteiger partial charge in [-0.15, -0.1) is 0 Å². The number of nitrogens with one attached hydrogen (secondary N) is 2. The Morgan fingerprint density at radius 2 is 2.11 bits per heavy atom. The van der Waals surface area contributed by atoms with E-state index in [4.69, 9.17) is 5.11 Å². The van der Waals surface area contributed by atoms with Gasteiger partial charge in [-0.1, -0.05) is 13.8 Å². The van der Waals surface area contributed by atoms with Crippen molar-refractivity contribution in [2.75, 3.05) is 6.54 Å². The van der Waals surface area contributed by atoms with Gasteiger partial charge in [0.1, 0.15) is 5.69 Å². The fourth-order valence-electron chi connectivity index (χ4n) is 1.71. The Kier molecular flexibility index (Phi) is 5.09. The summed E-state index contributed by atoms with van der Waals surface area (Å²) >= 11 is 0. The third-order valence-electron chi connectivity index (χ3n) is 3.04. The van der Waals surface area contributed by atoms with E-state index >= 15 is 0 Å². The zero-order valence-corrected chi connectivity index (χ0v) is 11.6. The average molecular weight is 267 g/mol. The molecule has 6 heteroatoms. The van der Waals surface area contributed by atoms with Gasteiger partial charge in [0.15, 0.2) is 0 Å². The summed E-state index contributed by atoms with van der Waals surface area (Å²) < 4.78 is 0. The highest BCUT2D eigenvalue weighted by atomic mass is 16.4. The molecule has 0 bridgehead atoms. The molecule has 0 aliphatic carbocycles. The summed E-state index contributed by atoms with van der Waals surface area (Å²) in [5.41, 5.74) is 1.11. The molecular formula is C13H21N3O3. The van der Waals surface area contributed by atoms with Crippen LogP contribution >= 0.6 is 0 Å². The predicted octanol–water partition coefficient (Wildman–Crippen LogP) is 1.73. The average Bonchev–Trinajstić information content (AvgIpc) is 2.73. The van der Waals surface area contributed by atoms with E-state index in [1.165, 1.54) is 0 Å². The van der Waals surface area contributed by atoms with Gasteiger partial charge in [0.2, 0.25) is 0 Å². The smallest absolute Gasteiger partial charge is 0.303 e. The second-order valence-electron chi connectivity index (χ2n) is 5.50. The van der Waals surface area contributed by atoms with Crippen molar-refractivity contribution in [3.8, 4) is 0 Å². The van der Waals surface area contributed by atoms with Gasteiger partial charge in [0.05, 0.1) is 0 Å². The van der Waals surface area contributed by atoms with Gasteiger partial charge in [-0.25, -0.2) is 0 Å². The Balaban J connectivity index is 2.33. The van der Waals surface area contributed by atoms with E-state index in [1.54, 1.807) is 6.07 Å². The van der Waals surface area contributed by atoms with Crippen LogP contribution in [-0.4, -0.2) is 33.7 Å². The Morgan fingerprint density at radius 1 is 1.42 bits per heavy atom. The number of amides is 1. The van der Waals surface area contributed by atoms with Gasteiger partial charge in [0.25, 0.3) is 5.91 Å². The quantitative estimate of drug-likeness (QED) is 0.701. The molecule has 0 radical (unpaired) electrons. The topological polar surface area (TPSA) is 95.1 Å². The van der Waals surface area contributed by atoms with Crippen LogP contribution in [0.3, 0.4) is 0 Å². The first-order valence-electron chi connectivity index (χ1n) is 6.32. The van der Waals surface area contributed by atoms with Gasteiger partial charge in [-0.3, -0.25) is 14.7 Å². The largest absolute Gasteiger partial charge is 0.481 e. The maximum atomic E-state index is 11.7. The molecule has 19 heavy (non-hydrogen) atoms. The number of carbonyl (C=O) groups is 2. The molecule has 1 amide bonds. The lowest BCUT2D eigenvalue weighted by atomic mass is 9.84. The number of carbonyl (C=O) groups excluding carboxylic acids is 1. The molecule has 0 spiro atoms. The van der Waals surface area contributed by atoms with Gasteiger partial charge < -0.3 is 10.4 Å². The second-order valence-corrected chi connectivity index (χ2v) is 5.50. The lowest BCUT2D eigenvalue weighted by molar-refractivity contribution is -0.137. The summed E-state index contributed by atoms with van der Waals surface area (Å²) in [4.78, 5) is 22.3. The number of hydrogen-bond acceptors (Lipinski definition) is 3. The molecule has 1 aromatic rings. The van der Waals surface area contributed by atoms with Crippen LogP contribution in [0.5, 0.6) is 0 Å². The van der Waals surface area contributed by atoms with Gasteiger partial charge >= 0.3 is 5.97 Å². The second kappa shape index (κ2) is 6.36. The molecule has 1 heterocycles. The lowest BCUT2D eigenvalue weighted by Gasteiger charge is -2.23. The summed E-state index contributed by atoms with van der Waals surface area (Å²) in [6, 6.07) is 1.69. The third kappa shape index (κ3) is 5.54. The van der Waals surface area contributed by atoms with E-state index in [2.05, 4.69) is 15.5 Å². The van der Waals surface area contributed by atoms with E-state index in [1.807, 2.05) is 20.8 Å². The van der Waals surface area contributed by atoms with Crippen molar-refractivity contribution < 1.29 is 14.7 Å². The fourth-order valence-corrected chi connectivity index (χ4v) is 1.71. The van der Waals surface area contributed by atoms with Crippen LogP contribution in [0, 0.1) is 12.3 Å². The Hall–Kier alpha value is -1.85. The van der Waals surface area contributed by atoms with Gasteiger partial charge in [-0.05, 0) is 31.2 Å². The van der Waals surface area contributed by atoms with E-state index < -0.39 is 5.97 Å². The van der Waals surface area contributed by atoms with Gasteiger partial charge in [0, 0.05) is 18.7 Å². The summed E-state index contributed by atoms with van der Waals surface area (Å²) in [6.45, 7) is 6.34. The van der Waals surface area contributed by atoms with Crippen LogP contribution in [0.25, 0.3) is 0 Å². The monoisotopic (exact) mass is 267 g/mol. The number of aliphatic carboxylic acids is 1. The minimum atomic E-state index is -0.788. The highest BCUT2D eigenvalue weighted by Crippen LogP contribution is 2.25. The minimum absolute atomic E-state index is 0.104. The fraction of sp³-hybridized carbons (Fsp3) is 0.615. The number of aryl methyl sites for hydroxylation is 1. The zero-order valence-electron chi connectivity index (χ0n) is 11.6. The summed E-state index contributed by atoms with van der Waals surface area (Å²) in [5.74, 6) is -0.998. The molecule has 6 nitrogen and oxygen atoms in total. The number of hydrogen-bond donors (Lipinski definition) is 3. The van der Waals surface area contributed by atoms with Crippen molar-refractivity contribution in [1.29, 1.82) is 0 Å². The molecule has 0 fully saturated rings. The van der Waals surface area contributed by atoms with Crippen molar-refractivity contribution in [2.24, 2.45) is 5.41 Å². The first-order valence-corrected chi connectivity index (χ1v) is 6.32. The summed E-state index contributed by atoms with van der Waals surface area (Å²) in [6.07, 6.45) is 1.48. The molecule has 106 valence electrons. The van der Waals surface area contributed by atoms with Crippen LogP contribution in [-0.2, 0) is 4.79 Å². The van der Waals surface area contributed by atoms with Crippen molar-refractivity contribution in [2.45, 2.75) is 40.0 Å². The first-order chi connectivity index (χ1) is 8.80. The van der Waals surface area contributed by atoms with E-state index in [-0.39, 0.29) is 17.7 Å². The van der Waals surface area contributed by atoms with Crippen LogP contribution in [0.2, 0.25) is 0 Å². The number of nitrogens with zero attached hydrogens (tertiary/aromatic N) is 1. The Morgan fingerprint density at radius 3 is 2.63 bits per heavy atom. The van der Waals surface area contributed by atoms with Crippen molar-refractivity contribution in [1.82, 2.24) is 15.5 Å². The first kappa shape index (κ1) is 15.2. The van der Waals surface area contributed by atoms with Gasteiger partial charge in [-0.2, -0.15) is 5.10 Å². The Labute approximate surface area is 112 Å². The molecule has 0 aliphatic rings. The lowest BCUT2D eigenvalue weighted by Crippen LogP contribution is -2.28. The number of H-pyrrole nitrogens is 1. The highest BCUT2D eigenvalue weighted by molar-refractivity contribution is 5.92. The molecule has 0 aliphatic heterocycles. The van der Waals surface area contributed by atoms with E-state index in [9.17, 15) is 9.59 Å². The summed E-state index contributed by atoms with van der Waals surface area (Å²) in [5, 5.41) is 18.0. The zero-order chi connectivity index (χ0) is 14.5. The van der Waals surface area contributed by atoms with E-state index in [0.717, 1.165) is 12.1 Å². The van der Waals surface area contributed by atoms with Crippen LogP contribution in [0.4, 0.5) is 0 Å². The third-order valence-corrected chi connectivity index (χ3v) is 3.04. The minimum Gasteiger partial charge on any atom is -0.481 e. The molecule has 1 rings (SSSR count). The number of aromatic nitrogens is 2. The number of carboxylic acid groups (broad SMARTS) is 1. The van der Waals surface area contributed by atoms with Crippen LogP contribution in [0.1, 0.15) is 49.3 Å². The predicted molar refractivity (Wildman–Crippen MR) is 70.9 cm³/mol. The van der Waals surface area contributed by atoms with Crippen molar-refractivity contribution >= 4 is 11.9 Å². The standard InChI is InChI=1S/C13H21N3O3/c1-9-8-10(16-15-9)12(19)14-7-6-13(2,3)5-4-11(17)18/h8H,4-7H2,1-3H3,(H,14,19)(H,15,16)(H,17,18).